The molecule has 2 aromatic heterocycles. The molecule has 2 aromatic carbocycles. The number of anilines is 1. The third-order valence-electron chi connectivity index (χ3n) is 4.87. The van der Waals surface area contributed by atoms with Crippen molar-refractivity contribution in [3.05, 3.63) is 72.4 Å². The maximum Gasteiger partial charge on any atom is 0.225 e. The predicted octanol–water partition coefficient (Wildman–Crippen LogP) is 6.92. The van der Waals surface area contributed by atoms with Crippen LogP contribution < -0.4 is 5.32 Å². The van der Waals surface area contributed by atoms with Crippen molar-refractivity contribution in [3.63, 3.8) is 0 Å². The van der Waals surface area contributed by atoms with E-state index in [1.165, 1.54) is 10.5 Å². The summed E-state index contributed by atoms with van der Waals surface area (Å²) in [5.74, 6) is 0.501. The van der Waals surface area contributed by atoms with Crippen molar-refractivity contribution in [2.24, 2.45) is 0 Å². The van der Waals surface area contributed by atoms with Gasteiger partial charge in [-0.1, -0.05) is 42.8 Å². The van der Waals surface area contributed by atoms with Gasteiger partial charge in [-0.2, -0.15) is 0 Å². The van der Waals surface area contributed by atoms with Gasteiger partial charge in [-0.25, -0.2) is 9.97 Å². The minimum absolute atomic E-state index is 0.0533. The largest absolute Gasteiger partial charge is 0.311 e. The molecule has 1 N–H and O–H groups in total. The van der Waals surface area contributed by atoms with Gasteiger partial charge in [-0.15, -0.1) is 23.1 Å². The zero-order valence-corrected chi connectivity index (χ0v) is 19.3. The number of benzene rings is 2. The quantitative estimate of drug-likeness (QED) is 0.327. The molecule has 31 heavy (non-hydrogen) atoms. The highest BCUT2D eigenvalue weighted by Crippen LogP contribution is 2.41. The Kier molecular flexibility index (Phi) is 6.49. The number of hydrogen-bond acceptors (Lipinski definition) is 5. The highest BCUT2D eigenvalue weighted by atomic mass is 32.2. The Morgan fingerprint density at radius 1 is 1.03 bits per heavy atom. The number of nitrogens with zero attached hydrogens (tertiary/aromatic N) is 2. The molecule has 0 bridgehead atoms. The molecule has 2 heterocycles. The van der Waals surface area contributed by atoms with Crippen LogP contribution in [0.5, 0.6) is 0 Å². The zero-order chi connectivity index (χ0) is 21.8. The SMILES string of the molecule is CCC(=O)Nc1cc(-c2sc(-c3ccc(SC)cc3)nc2-c2cccc(C)c2)ccn1. The Labute approximate surface area is 190 Å². The van der Waals surface area contributed by atoms with Crippen LogP contribution in [-0.2, 0) is 4.79 Å². The molecule has 0 saturated heterocycles. The molecule has 1 amide bonds. The highest BCUT2D eigenvalue weighted by molar-refractivity contribution is 7.98. The minimum Gasteiger partial charge on any atom is -0.311 e. The summed E-state index contributed by atoms with van der Waals surface area (Å²) < 4.78 is 0. The minimum atomic E-state index is -0.0533. The van der Waals surface area contributed by atoms with E-state index in [0.29, 0.717) is 12.2 Å². The van der Waals surface area contributed by atoms with E-state index in [2.05, 4.69) is 72.0 Å². The first-order valence-corrected chi connectivity index (χ1v) is 12.1. The first-order chi connectivity index (χ1) is 15.1. The maximum atomic E-state index is 11.8. The Morgan fingerprint density at radius 2 is 1.84 bits per heavy atom. The number of thioether (sulfide) groups is 1. The summed E-state index contributed by atoms with van der Waals surface area (Å²) in [6.45, 7) is 3.91. The van der Waals surface area contributed by atoms with Gasteiger partial charge < -0.3 is 5.32 Å². The average molecular weight is 446 g/mol. The highest BCUT2D eigenvalue weighted by Gasteiger charge is 2.17. The van der Waals surface area contributed by atoms with Gasteiger partial charge in [0.15, 0.2) is 0 Å². The lowest BCUT2D eigenvalue weighted by molar-refractivity contribution is -0.115. The number of pyridine rings is 1. The molecule has 6 heteroatoms. The fourth-order valence-electron chi connectivity index (χ4n) is 3.23. The molecule has 0 spiro atoms. The van der Waals surface area contributed by atoms with Gasteiger partial charge in [0, 0.05) is 28.6 Å². The van der Waals surface area contributed by atoms with Crippen LogP contribution in [0.15, 0.2) is 71.8 Å². The number of carbonyl (C=O) groups is 1. The molecule has 0 saturated carbocycles. The van der Waals surface area contributed by atoms with Crippen LogP contribution in [0, 0.1) is 6.92 Å². The first kappa shape index (κ1) is 21.3. The van der Waals surface area contributed by atoms with Gasteiger partial charge >= 0.3 is 0 Å². The molecule has 0 atom stereocenters. The fourth-order valence-corrected chi connectivity index (χ4v) is 4.73. The molecular weight excluding hydrogens is 422 g/mol. The number of thiazole rings is 1. The van der Waals surface area contributed by atoms with Gasteiger partial charge in [0.2, 0.25) is 5.91 Å². The number of hydrogen-bond donors (Lipinski definition) is 1. The van der Waals surface area contributed by atoms with Gasteiger partial charge in [0.25, 0.3) is 0 Å². The lowest BCUT2D eigenvalue weighted by Crippen LogP contribution is -2.10. The summed E-state index contributed by atoms with van der Waals surface area (Å²) in [6.07, 6.45) is 4.22. The molecule has 0 aliphatic rings. The predicted molar refractivity (Wildman–Crippen MR) is 132 cm³/mol. The van der Waals surface area contributed by atoms with E-state index in [0.717, 1.165) is 32.3 Å². The van der Waals surface area contributed by atoms with Crippen LogP contribution in [-0.4, -0.2) is 22.1 Å². The van der Waals surface area contributed by atoms with Gasteiger partial charge in [0.1, 0.15) is 10.8 Å². The Morgan fingerprint density at radius 3 is 2.55 bits per heavy atom. The Bertz CT molecular complexity index is 1220. The summed E-state index contributed by atoms with van der Waals surface area (Å²) in [5, 5.41) is 3.82. The number of aryl methyl sites for hydroxylation is 1. The topological polar surface area (TPSA) is 54.9 Å². The van der Waals surface area contributed by atoms with Crippen molar-refractivity contribution in [1.82, 2.24) is 9.97 Å². The monoisotopic (exact) mass is 445 g/mol. The normalized spacial score (nSPS) is 10.8. The average Bonchev–Trinajstić information content (AvgIpc) is 3.25. The van der Waals surface area contributed by atoms with Gasteiger partial charge in [-0.05, 0) is 49.1 Å². The molecule has 0 aliphatic heterocycles. The lowest BCUT2D eigenvalue weighted by Gasteiger charge is -2.07. The number of rotatable bonds is 6. The molecule has 0 aliphatic carbocycles. The van der Waals surface area contributed by atoms with Crippen LogP contribution in [0.4, 0.5) is 5.82 Å². The van der Waals surface area contributed by atoms with Gasteiger partial charge in [0.05, 0.1) is 10.6 Å². The maximum absolute atomic E-state index is 11.8. The molecule has 0 unspecified atom stereocenters. The third-order valence-corrected chi connectivity index (χ3v) is 6.76. The number of nitrogens with one attached hydrogen (secondary N) is 1. The smallest absolute Gasteiger partial charge is 0.225 e. The first-order valence-electron chi connectivity index (χ1n) is 10.1. The zero-order valence-electron chi connectivity index (χ0n) is 17.7. The van der Waals surface area contributed by atoms with E-state index in [-0.39, 0.29) is 5.91 Å². The van der Waals surface area contributed by atoms with Crippen molar-refractivity contribution in [3.8, 4) is 32.3 Å². The molecule has 4 aromatic rings. The van der Waals surface area contributed by atoms with E-state index in [4.69, 9.17) is 4.98 Å². The molecule has 156 valence electrons. The molecule has 0 radical (unpaired) electrons. The summed E-state index contributed by atoms with van der Waals surface area (Å²) in [4.78, 5) is 23.5. The summed E-state index contributed by atoms with van der Waals surface area (Å²) in [6, 6.07) is 20.8. The number of carbonyl (C=O) groups excluding carboxylic acids is 1. The van der Waals surface area contributed by atoms with Crippen LogP contribution in [0.3, 0.4) is 0 Å². The van der Waals surface area contributed by atoms with Crippen LogP contribution in [0.1, 0.15) is 18.9 Å². The van der Waals surface area contributed by atoms with Crippen LogP contribution in [0.25, 0.3) is 32.3 Å². The Hall–Kier alpha value is -2.96. The van der Waals surface area contributed by atoms with E-state index < -0.39 is 0 Å². The van der Waals surface area contributed by atoms with Crippen molar-refractivity contribution >= 4 is 34.8 Å². The second-order valence-electron chi connectivity index (χ2n) is 7.13. The van der Waals surface area contributed by atoms with E-state index in [9.17, 15) is 4.79 Å². The molecule has 4 rings (SSSR count). The fraction of sp³-hybridized carbons (Fsp3) is 0.160. The second-order valence-corrected chi connectivity index (χ2v) is 9.00. The second kappa shape index (κ2) is 9.45. The third kappa shape index (κ3) is 4.86. The van der Waals surface area contributed by atoms with Crippen molar-refractivity contribution in [1.29, 1.82) is 0 Å². The van der Waals surface area contributed by atoms with E-state index in [1.54, 1.807) is 29.3 Å². The molecule has 0 fully saturated rings. The van der Waals surface area contributed by atoms with Crippen LogP contribution >= 0.6 is 23.1 Å². The van der Waals surface area contributed by atoms with Crippen molar-refractivity contribution in [2.75, 3.05) is 11.6 Å². The van der Waals surface area contributed by atoms with Crippen molar-refractivity contribution in [2.45, 2.75) is 25.2 Å². The summed E-state index contributed by atoms with van der Waals surface area (Å²) >= 11 is 3.38. The number of amides is 1. The number of aromatic nitrogens is 2. The van der Waals surface area contributed by atoms with Crippen molar-refractivity contribution < 1.29 is 4.79 Å². The molecular formula is C25H23N3OS2. The molecule has 4 nitrogen and oxygen atoms in total. The van der Waals surface area contributed by atoms with E-state index in [1.807, 2.05) is 19.1 Å². The van der Waals surface area contributed by atoms with E-state index >= 15 is 0 Å². The lowest BCUT2D eigenvalue weighted by atomic mass is 10.1. The summed E-state index contributed by atoms with van der Waals surface area (Å²) in [7, 11) is 0. The summed E-state index contributed by atoms with van der Waals surface area (Å²) in [5.41, 5.74) is 5.29. The Balaban J connectivity index is 1.83. The van der Waals surface area contributed by atoms with Crippen LogP contribution in [0.2, 0.25) is 0 Å². The van der Waals surface area contributed by atoms with Gasteiger partial charge in [-0.3, -0.25) is 4.79 Å². The standard InChI is InChI=1S/C25H23N3OS2/c1-4-22(29)27-21-15-19(12-13-26-21)24-23(18-7-5-6-16(2)14-18)28-25(31-24)17-8-10-20(30-3)11-9-17/h5-15H,4H2,1-3H3,(H,26,27,29).